The maximum atomic E-state index is 13.5. The normalized spacial score (nSPS) is 13.0. The van der Waals surface area contributed by atoms with Crippen LogP contribution in [0.2, 0.25) is 5.02 Å². The third kappa shape index (κ3) is 6.16. The van der Waals surface area contributed by atoms with Gasteiger partial charge in [-0.3, -0.25) is 9.78 Å². The number of fused-ring (bicyclic) bond motifs is 1. The van der Waals surface area contributed by atoms with E-state index in [9.17, 15) is 9.90 Å². The lowest BCUT2D eigenvalue weighted by molar-refractivity contribution is 0.00244. The van der Waals surface area contributed by atoms with Gasteiger partial charge < -0.3 is 29.2 Å². The molecule has 0 saturated carbocycles. The van der Waals surface area contributed by atoms with E-state index < -0.39 is 12.1 Å². The summed E-state index contributed by atoms with van der Waals surface area (Å²) in [5.74, 6) is 0.144. The van der Waals surface area contributed by atoms with Crippen molar-refractivity contribution in [2.24, 2.45) is 0 Å². The molecule has 0 aliphatic heterocycles. The van der Waals surface area contributed by atoms with Crippen LogP contribution in [0.25, 0.3) is 11.1 Å². The molecule has 2 N–H and O–H groups in total. The van der Waals surface area contributed by atoms with Gasteiger partial charge in [0.2, 0.25) is 0 Å². The zero-order valence-electron chi connectivity index (χ0n) is 19.9. The number of aliphatic hydroxyl groups excluding tert-OH is 1. The molecule has 2 heterocycles. The number of hydrogen-bond donors (Lipinski definition) is 2. The van der Waals surface area contributed by atoms with E-state index in [4.69, 9.17) is 25.5 Å². The molecule has 0 saturated heterocycles. The van der Waals surface area contributed by atoms with Crippen LogP contribution < -0.4 is 10.1 Å². The Bertz CT molecular complexity index is 1100. The van der Waals surface area contributed by atoms with Crippen molar-refractivity contribution in [3.63, 3.8) is 0 Å². The molecule has 9 nitrogen and oxygen atoms in total. The fourth-order valence-electron chi connectivity index (χ4n) is 3.62. The highest BCUT2D eigenvalue weighted by molar-refractivity contribution is 6.30. The SMILES string of the molecule is CCCN(C(=O)c1cc(OC)c2oc(NCc3cc(Cl)ccn3)nc2c1)C(COCC)C(C)O. The molecule has 0 fully saturated rings. The van der Waals surface area contributed by atoms with Crippen LogP contribution in [0, 0.1) is 0 Å². The van der Waals surface area contributed by atoms with Gasteiger partial charge in [-0.1, -0.05) is 18.5 Å². The molecule has 0 aliphatic rings. The number of amides is 1. The van der Waals surface area contributed by atoms with Crippen molar-refractivity contribution in [1.82, 2.24) is 14.9 Å². The van der Waals surface area contributed by atoms with Gasteiger partial charge in [-0.25, -0.2) is 0 Å². The molecule has 2 unspecified atom stereocenters. The second-order valence-corrected chi connectivity index (χ2v) is 8.27. The third-order valence-corrected chi connectivity index (χ3v) is 5.53. The first-order valence-electron chi connectivity index (χ1n) is 11.3. The lowest BCUT2D eigenvalue weighted by Gasteiger charge is -2.33. The number of pyridine rings is 1. The Hall–Kier alpha value is -2.88. The molecule has 3 aromatic rings. The molecule has 184 valence electrons. The monoisotopic (exact) mass is 490 g/mol. The van der Waals surface area contributed by atoms with E-state index in [1.807, 2.05) is 13.8 Å². The number of nitrogens with zero attached hydrogens (tertiary/aromatic N) is 3. The summed E-state index contributed by atoms with van der Waals surface area (Å²) in [4.78, 5) is 23.9. The topological polar surface area (TPSA) is 110 Å². The van der Waals surface area contributed by atoms with Crippen LogP contribution in [0.4, 0.5) is 6.01 Å². The molecule has 0 spiro atoms. The predicted octanol–water partition coefficient (Wildman–Crippen LogP) is 4.14. The Morgan fingerprint density at radius 1 is 1.32 bits per heavy atom. The highest BCUT2D eigenvalue weighted by Gasteiger charge is 2.29. The molecule has 1 aromatic carbocycles. The molecule has 0 aliphatic carbocycles. The van der Waals surface area contributed by atoms with Crippen LogP contribution in [-0.2, 0) is 11.3 Å². The van der Waals surface area contributed by atoms with Crippen molar-refractivity contribution in [1.29, 1.82) is 0 Å². The van der Waals surface area contributed by atoms with Crippen LogP contribution in [0.3, 0.4) is 0 Å². The van der Waals surface area contributed by atoms with Crippen molar-refractivity contribution < 1.29 is 23.8 Å². The first-order valence-corrected chi connectivity index (χ1v) is 11.6. The summed E-state index contributed by atoms with van der Waals surface area (Å²) in [6.45, 7) is 7.09. The average Bonchev–Trinajstić information content (AvgIpc) is 3.24. The fraction of sp³-hybridized carbons (Fsp3) is 0.458. The van der Waals surface area contributed by atoms with Gasteiger partial charge in [0.05, 0.1) is 38.1 Å². The van der Waals surface area contributed by atoms with Crippen LogP contribution in [0.1, 0.15) is 43.2 Å². The van der Waals surface area contributed by atoms with E-state index >= 15 is 0 Å². The van der Waals surface area contributed by atoms with Gasteiger partial charge in [0.15, 0.2) is 11.3 Å². The minimum absolute atomic E-state index is 0.242. The summed E-state index contributed by atoms with van der Waals surface area (Å²) in [6, 6.07) is 6.52. The zero-order chi connectivity index (χ0) is 24.7. The molecule has 10 heteroatoms. The van der Waals surface area contributed by atoms with Gasteiger partial charge in [-0.15, -0.1) is 0 Å². The molecule has 3 rings (SSSR count). The van der Waals surface area contributed by atoms with Crippen LogP contribution in [-0.4, -0.2) is 64.9 Å². The van der Waals surface area contributed by atoms with Gasteiger partial charge >= 0.3 is 0 Å². The number of rotatable bonds is 12. The molecule has 2 aromatic heterocycles. The Morgan fingerprint density at radius 2 is 2.12 bits per heavy atom. The van der Waals surface area contributed by atoms with Gasteiger partial charge in [0, 0.05) is 29.9 Å². The first kappa shape index (κ1) is 25.7. The van der Waals surface area contributed by atoms with Crippen molar-refractivity contribution >= 4 is 34.6 Å². The molecular formula is C24H31ClN4O5. The lowest BCUT2D eigenvalue weighted by atomic mass is 10.1. The second-order valence-electron chi connectivity index (χ2n) is 7.83. The number of carbonyl (C=O) groups is 1. The minimum atomic E-state index is -0.754. The lowest BCUT2D eigenvalue weighted by Crippen LogP contribution is -2.49. The highest BCUT2D eigenvalue weighted by atomic mass is 35.5. The molecular weight excluding hydrogens is 460 g/mol. The maximum absolute atomic E-state index is 13.5. The largest absolute Gasteiger partial charge is 0.493 e. The number of methoxy groups -OCH3 is 1. The van der Waals surface area contributed by atoms with E-state index in [1.165, 1.54) is 7.11 Å². The summed E-state index contributed by atoms with van der Waals surface area (Å²) < 4.78 is 16.8. The van der Waals surface area contributed by atoms with Gasteiger partial charge in [0.25, 0.3) is 11.9 Å². The number of oxazole rings is 1. The molecule has 2 atom stereocenters. The molecule has 0 radical (unpaired) electrons. The number of nitrogens with one attached hydrogen (secondary N) is 1. The van der Waals surface area contributed by atoms with E-state index in [2.05, 4.69) is 15.3 Å². The van der Waals surface area contributed by atoms with Crippen molar-refractivity contribution in [3.8, 4) is 5.75 Å². The number of aromatic nitrogens is 2. The van der Waals surface area contributed by atoms with Crippen molar-refractivity contribution in [3.05, 3.63) is 46.7 Å². The number of halogens is 1. The van der Waals surface area contributed by atoms with E-state index in [0.29, 0.717) is 47.1 Å². The number of ether oxygens (including phenoxy) is 2. The number of hydrogen-bond acceptors (Lipinski definition) is 8. The smallest absolute Gasteiger partial charge is 0.296 e. The Balaban J connectivity index is 1.89. The molecule has 34 heavy (non-hydrogen) atoms. The highest BCUT2D eigenvalue weighted by Crippen LogP contribution is 2.31. The van der Waals surface area contributed by atoms with Gasteiger partial charge in [-0.2, -0.15) is 4.98 Å². The summed E-state index contributed by atoms with van der Waals surface area (Å²) >= 11 is 6.01. The van der Waals surface area contributed by atoms with Gasteiger partial charge in [0.1, 0.15) is 5.52 Å². The quantitative estimate of drug-likeness (QED) is 0.390. The van der Waals surface area contributed by atoms with Crippen LogP contribution >= 0.6 is 11.6 Å². The summed E-state index contributed by atoms with van der Waals surface area (Å²) in [7, 11) is 1.51. The fourth-order valence-corrected chi connectivity index (χ4v) is 3.80. The summed E-state index contributed by atoms with van der Waals surface area (Å²) in [5.41, 5.74) is 2.01. The second kappa shape index (κ2) is 12.0. The molecule has 0 bridgehead atoms. The summed E-state index contributed by atoms with van der Waals surface area (Å²) in [5, 5.41) is 14.0. The zero-order valence-corrected chi connectivity index (χ0v) is 20.6. The third-order valence-electron chi connectivity index (χ3n) is 5.30. The number of benzene rings is 1. The Labute approximate surface area is 204 Å². The standard InChI is InChI=1S/C24H31ClN4O5/c1-5-9-29(20(15(3)30)14-33-6-2)23(31)16-10-19-22(21(11-16)32-4)34-24(28-19)27-13-18-12-17(25)7-8-26-18/h7-8,10-12,15,20,30H,5-6,9,13-14H2,1-4H3,(H,27,28). The first-order chi connectivity index (χ1) is 16.4. The Morgan fingerprint density at radius 3 is 2.76 bits per heavy atom. The average molecular weight is 491 g/mol. The van der Waals surface area contributed by atoms with Crippen molar-refractivity contribution in [2.75, 3.05) is 32.2 Å². The van der Waals surface area contributed by atoms with Crippen LogP contribution in [0.15, 0.2) is 34.9 Å². The van der Waals surface area contributed by atoms with Crippen molar-refractivity contribution in [2.45, 2.75) is 45.9 Å². The van der Waals surface area contributed by atoms with Crippen LogP contribution in [0.5, 0.6) is 5.75 Å². The molecule has 1 amide bonds. The Kier molecular flexibility index (Phi) is 9.09. The summed E-state index contributed by atoms with van der Waals surface area (Å²) in [6.07, 6.45) is 1.60. The van der Waals surface area contributed by atoms with E-state index in [1.54, 1.807) is 42.3 Å². The van der Waals surface area contributed by atoms with E-state index in [-0.39, 0.29) is 18.5 Å². The number of aliphatic hydroxyl groups is 1. The van der Waals surface area contributed by atoms with E-state index in [0.717, 1.165) is 12.1 Å². The minimum Gasteiger partial charge on any atom is -0.493 e. The maximum Gasteiger partial charge on any atom is 0.296 e. The predicted molar refractivity (Wildman–Crippen MR) is 130 cm³/mol. The number of anilines is 1. The number of carbonyl (C=O) groups excluding carboxylic acids is 1. The van der Waals surface area contributed by atoms with Gasteiger partial charge in [-0.05, 0) is 44.5 Å².